The molecule has 2 aromatic carbocycles. The van der Waals surface area contributed by atoms with E-state index in [-0.39, 0.29) is 11.9 Å². The van der Waals surface area contributed by atoms with E-state index in [9.17, 15) is 4.79 Å². The van der Waals surface area contributed by atoms with Crippen LogP contribution in [0.3, 0.4) is 0 Å². The van der Waals surface area contributed by atoms with Crippen molar-refractivity contribution in [3.63, 3.8) is 0 Å². The number of aromatic nitrogens is 3. The zero-order valence-electron chi connectivity index (χ0n) is 16.5. The summed E-state index contributed by atoms with van der Waals surface area (Å²) in [7, 11) is 0. The third-order valence-corrected chi connectivity index (χ3v) is 5.51. The summed E-state index contributed by atoms with van der Waals surface area (Å²) in [5.74, 6) is 1.06. The van der Waals surface area contributed by atoms with Crippen molar-refractivity contribution >= 4 is 5.91 Å². The number of carbonyl (C=O) groups is 1. The van der Waals surface area contributed by atoms with Crippen LogP contribution in [0, 0.1) is 0 Å². The van der Waals surface area contributed by atoms with Gasteiger partial charge < -0.3 is 13.9 Å². The molecular weight excluding hydrogens is 376 g/mol. The Morgan fingerprint density at radius 1 is 0.933 bits per heavy atom. The van der Waals surface area contributed by atoms with Crippen molar-refractivity contribution in [3.05, 3.63) is 96.1 Å². The summed E-state index contributed by atoms with van der Waals surface area (Å²) >= 11 is 0. The molecule has 0 N–H and O–H groups in total. The fraction of sp³-hybridized carbons (Fsp3) is 0.208. The van der Waals surface area contributed by atoms with Crippen LogP contribution in [-0.2, 0) is 17.8 Å². The van der Waals surface area contributed by atoms with E-state index in [0.717, 1.165) is 23.4 Å². The van der Waals surface area contributed by atoms with Gasteiger partial charge in [0.2, 0.25) is 17.7 Å². The van der Waals surface area contributed by atoms with Crippen molar-refractivity contribution in [2.75, 3.05) is 6.54 Å². The van der Waals surface area contributed by atoms with Crippen LogP contribution in [0.1, 0.15) is 29.6 Å². The number of carbonyl (C=O) groups excluding carboxylic acids is 1. The second-order valence-corrected chi connectivity index (χ2v) is 7.39. The lowest BCUT2D eigenvalue weighted by Gasteiger charge is -2.37. The quantitative estimate of drug-likeness (QED) is 0.508. The molecule has 0 radical (unpaired) electrons. The van der Waals surface area contributed by atoms with Crippen LogP contribution < -0.4 is 0 Å². The van der Waals surface area contributed by atoms with Crippen molar-refractivity contribution < 1.29 is 9.21 Å². The summed E-state index contributed by atoms with van der Waals surface area (Å²) in [5.41, 5.74) is 3.14. The van der Waals surface area contributed by atoms with Gasteiger partial charge in [0.1, 0.15) is 0 Å². The fourth-order valence-corrected chi connectivity index (χ4v) is 4.05. The van der Waals surface area contributed by atoms with Crippen LogP contribution in [-0.4, -0.2) is 32.1 Å². The van der Waals surface area contributed by atoms with E-state index >= 15 is 0 Å². The summed E-state index contributed by atoms with van der Waals surface area (Å²) in [4.78, 5) is 15.2. The molecule has 5 rings (SSSR count). The number of aryl methyl sites for hydroxylation is 1. The van der Waals surface area contributed by atoms with Gasteiger partial charge >= 0.3 is 0 Å². The molecule has 0 spiro atoms. The maximum Gasteiger partial charge on any atom is 0.247 e. The van der Waals surface area contributed by atoms with Crippen molar-refractivity contribution in [1.29, 1.82) is 0 Å². The van der Waals surface area contributed by atoms with Gasteiger partial charge in [-0.15, -0.1) is 10.2 Å². The van der Waals surface area contributed by atoms with Gasteiger partial charge in [-0.1, -0.05) is 48.5 Å². The molecular formula is C24H22N4O2. The lowest BCUT2D eigenvalue weighted by molar-refractivity contribution is -0.134. The molecule has 0 saturated carbocycles. The minimum absolute atomic E-state index is 0.0787. The molecule has 0 unspecified atom stereocenters. The Labute approximate surface area is 174 Å². The Morgan fingerprint density at radius 3 is 2.50 bits per heavy atom. The van der Waals surface area contributed by atoms with Crippen LogP contribution in [0.4, 0.5) is 0 Å². The zero-order valence-corrected chi connectivity index (χ0v) is 16.5. The molecule has 1 aliphatic heterocycles. The SMILES string of the molecule is O=C(CCc1nnc(-c2ccccc2)o1)N1CCn2cccc2[C@H]1c1ccccc1. The first-order valence-electron chi connectivity index (χ1n) is 10.2. The summed E-state index contributed by atoms with van der Waals surface area (Å²) in [5, 5.41) is 8.24. The fourth-order valence-electron chi connectivity index (χ4n) is 4.05. The van der Waals surface area contributed by atoms with Gasteiger partial charge in [-0.3, -0.25) is 4.79 Å². The number of amides is 1. The molecule has 0 fully saturated rings. The topological polar surface area (TPSA) is 64.2 Å². The van der Waals surface area contributed by atoms with Crippen molar-refractivity contribution in [1.82, 2.24) is 19.7 Å². The minimum atomic E-state index is -0.0787. The molecule has 30 heavy (non-hydrogen) atoms. The Bertz CT molecular complexity index is 1130. The van der Waals surface area contributed by atoms with E-state index in [4.69, 9.17) is 4.42 Å². The Hall–Kier alpha value is -3.67. The number of benzene rings is 2. The lowest BCUT2D eigenvalue weighted by atomic mass is 9.99. The van der Waals surface area contributed by atoms with Gasteiger partial charge in [-0.2, -0.15) is 0 Å². The van der Waals surface area contributed by atoms with Crippen molar-refractivity contribution in [3.8, 4) is 11.5 Å². The maximum absolute atomic E-state index is 13.2. The second-order valence-electron chi connectivity index (χ2n) is 7.39. The average molecular weight is 398 g/mol. The van der Waals surface area contributed by atoms with Gasteiger partial charge in [-0.25, -0.2) is 0 Å². The number of hydrogen-bond acceptors (Lipinski definition) is 4. The van der Waals surface area contributed by atoms with Gasteiger partial charge in [0.25, 0.3) is 0 Å². The summed E-state index contributed by atoms with van der Waals surface area (Å²) < 4.78 is 7.99. The first-order chi connectivity index (χ1) is 14.8. The largest absolute Gasteiger partial charge is 0.421 e. The lowest BCUT2D eigenvalue weighted by Crippen LogP contribution is -2.42. The molecule has 2 aromatic heterocycles. The molecule has 1 atom stereocenters. The molecule has 6 nitrogen and oxygen atoms in total. The maximum atomic E-state index is 13.2. The Morgan fingerprint density at radius 2 is 1.70 bits per heavy atom. The third kappa shape index (κ3) is 3.52. The average Bonchev–Trinajstić information content (AvgIpc) is 3.47. The molecule has 3 heterocycles. The first-order valence-corrected chi connectivity index (χ1v) is 10.2. The van der Waals surface area contributed by atoms with Gasteiger partial charge in [0, 0.05) is 43.4 Å². The highest BCUT2D eigenvalue weighted by molar-refractivity contribution is 5.77. The summed E-state index contributed by atoms with van der Waals surface area (Å²) in [6, 6.07) is 23.9. The highest BCUT2D eigenvalue weighted by atomic mass is 16.4. The van der Waals surface area contributed by atoms with Gasteiger partial charge in [0.15, 0.2) is 0 Å². The molecule has 1 aliphatic rings. The minimum Gasteiger partial charge on any atom is -0.421 e. The van der Waals surface area contributed by atoms with Crippen LogP contribution in [0.15, 0.2) is 83.4 Å². The van der Waals surface area contributed by atoms with E-state index in [1.54, 1.807) is 0 Å². The predicted octanol–water partition coefficient (Wildman–Crippen LogP) is 4.10. The highest BCUT2D eigenvalue weighted by Crippen LogP contribution is 2.33. The molecule has 0 bridgehead atoms. The van der Waals surface area contributed by atoms with E-state index in [1.807, 2.05) is 59.5 Å². The van der Waals surface area contributed by atoms with Crippen molar-refractivity contribution in [2.45, 2.75) is 25.4 Å². The van der Waals surface area contributed by atoms with Crippen LogP contribution in [0.2, 0.25) is 0 Å². The van der Waals surface area contributed by atoms with E-state index in [2.05, 4.69) is 39.2 Å². The zero-order chi connectivity index (χ0) is 20.3. The Balaban J connectivity index is 1.33. The highest BCUT2D eigenvalue weighted by Gasteiger charge is 2.31. The van der Waals surface area contributed by atoms with Crippen LogP contribution in [0.5, 0.6) is 0 Å². The number of hydrogen-bond donors (Lipinski definition) is 0. The molecule has 0 aliphatic carbocycles. The number of rotatable bonds is 5. The van der Waals surface area contributed by atoms with E-state index in [1.165, 1.54) is 0 Å². The second kappa shape index (κ2) is 7.99. The molecule has 6 heteroatoms. The van der Waals surface area contributed by atoms with E-state index < -0.39 is 0 Å². The summed E-state index contributed by atoms with van der Waals surface area (Å²) in [6.45, 7) is 1.48. The smallest absolute Gasteiger partial charge is 0.247 e. The number of fused-ring (bicyclic) bond motifs is 1. The van der Waals surface area contributed by atoms with Gasteiger partial charge in [-0.05, 0) is 29.8 Å². The van der Waals surface area contributed by atoms with Crippen LogP contribution in [0.25, 0.3) is 11.5 Å². The first kappa shape index (κ1) is 18.4. The van der Waals surface area contributed by atoms with Crippen LogP contribution >= 0.6 is 0 Å². The Kier molecular flexibility index (Phi) is 4.89. The molecule has 4 aromatic rings. The monoisotopic (exact) mass is 398 g/mol. The number of nitrogens with zero attached hydrogens (tertiary/aromatic N) is 4. The van der Waals surface area contributed by atoms with Gasteiger partial charge in [0.05, 0.1) is 6.04 Å². The predicted molar refractivity (Wildman–Crippen MR) is 112 cm³/mol. The molecule has 1 amide bonds. The molecule has 150 valence electrons. The standard InChI is InChI=1S/C24H22N4O2/c29-22(14-13-21-25-26-24(30-21)19-10-5-2-6-11-19)28-17-16-27-15-7-12-20(27)23(28)18-8-3-1-4-9-18/h1-12,15,23H,13-14,16-17H2/t23-/m1/s1. The normalized spacial score (nSPS) is 15.7. The van der Waals surface area contributed by atoms with Crippen molar-refractivity contribution in [2.24, 2.45) is 0 Å². The van der Waals surface area contributed by atoms with E-state index in [0.29, 0.717) is 31.2 Å². The third-order valence-electron chi connectivity index (χ3n) is 5.51. The molecule has 0 saturated heterocycles. The summed E-state index contributed by atoms with van der Waals surface area (Å²) in [6.07, 6.45) is 2.84.